The summed E-state index contributed by atoms with van der Waals surface area (Å²) < 4.78 is 12.8. The Labute approximate surface area is 120 Å². The second-order valence-electron chi connectivity index (χ2n) is 5.75. The average Bonchev–Trinajstić information content (AvgIpc) is 2.45. The molecule has 0 aromatic heterocycles. The molecule has 112 valence electrons. The van der Waals surface area contributed by atoms with E-state index in [1.165, 1.54) is 17.7 Å². The largest absolute Gasteiger partial charge is 0.392 e. The molecule has 2 N–H and O–H groups in total. The number of halogens is 1. The molecular weight excluding hydrogens is 255 g/mol. The predicted octanol–water partition coefficient (Wildman–Crippen LogP) is 1.80. The van der Waals surface area contributed by atoms with Gasteiger partial charge in [-0.2, -0.15) is 0 Å². The Bertz CT molecular complexity index is 386. The Balaban J connectivity index is 1.65. The lowest BCUT2D eigenvalue weighted by Gasteiger charge is -2.32. The maximum atomic E-state index is 12.8. The molecular formula is C16H25FN2O. The molecule has 1 aromatic carbocycles. The second-order valence-corrected chi connectivity index (χ2v) is 5.75. The Morgan fingerprint density at radius 1 is 1.30 bits per heavy atom. The van der Waals surface area contributed by atoms with Crippen LogP contribution in [0.4, 0.5) is 4.39 Å². The van der Waals surface area contributed by atoms with Gasteiger partial charge in [0, 0.05) is 19.1 Å². The van der Waals surface area contributed by atoms with Gasteiger partial charge in [-0.15, -0.1) is 0 Å². The van der Waals surface area contributed by atoms with Gasteiger partial charge in [-0.25, -0.2) is 4.39 Å². The first-order valence-corrected chi connectivity index (χ1v) is 7.52. The van der Waals surface area contributed by atoms with Gasteiger partial charge in [0.15, 0.2) is 0 Å². The maximum absolute atomic E-state index is 12.8. The van der Waals surface area contributed by atoms with Gasteiger partial charge in [-0.3, -0.25) is 0 Å². The van der Waals surface area contributed by atoms with Crippen LogP contribution in [0.15, 0.2) is 24.3 Å². The van der Waals surface area contributed by atoms with Gasteiger partial charge in [0.05, 0.1) is 6.10 Å². The van der Waals surface area contributed by atoms with Crippen LogP contribution in [0.25, 0.3) is 0 Å². The van der Waals surface area contributed by atoms with E-state index in [2.05, 4.69) is 10.2 Å². The van der Waals surface area contributed by atoms with E-state index in [4.69, 9.17) is 0 Å². The topological polar surface area (TPSA) is 35.5 Å². The van der Waals surface area contributed by atoms with Crippen molar-refractivity contribution in [3.05, 3.63) is 35.6 Å². The molecule has 4 heteroatoms. The van der Waals surface area contributed by atoms with Crippen LogP contribution in [0.3, 0.4) is 0 Å². The minimum absolute atomic E-state index is 0.168. The fraction of sp³-hybridized carbons (Fsp3) is 0.625. The summed E-state index contributed by atoms with van der Waals surface area (Å²) in [5.74, 6) is -0.168. The lowest BCUT2D eigenvalue weighted by Crippen LogP contribution is -2.44. The molecule has 3 nitrogen and oxygen atoms in total. The Morgan fingerprint density at radius 2 is 1.95 bits per heavy atom. The quantitative estimate of drug-likeness (QED) is 0.834. The number of piperidine rings is 1. The van der Waals surface area contributed by atoms with E-state index in [0.29, 0.717) is 12.6 Å². The number of nitrogens with zero attached hydrogens (tertiary/aromatic N) is 1. The van der Waals surface area contributed by atoms with Crippen molar-refractivity contribution < 1.29 is 9.50 Å². The number of aliphatic hydroxyl groups excluding tert-OH is 1. The molecule has 0 amide bonds. The van der Waals surface area contributed by atoms with Gasteiger partial charge in [0.25, 0.3) is 0 Å². The molecule has 20 heavy (non-hydrogen) atoms. The van der Waals surface area contributed by atoms with Crippen molar-refractivity contribution in [3.63, 3.8) is 0 Å². The van der Waals surface area contributed by atoms with Crippen molar-refractivity contribution in [2.75, 3.05) is 26.2 Å². The molecule has 1 aromatic rings. The van der Waals surface area contributed by atoms with Crippen LogP contribution in [-0.4, -0.2) is 48.3 Å². The van der Waals surface area contributed by atoms with Crippen molar-refractivity contribution in [2.45, 2.75) is 38.3 Å². The van der Waals surface area contributed by atoms with E-state index in [1.807, 2.05) is 19.1 Å². The highest BCUT2D eigenvalue weighted by molar-refractivity contribution is 5.16. The van der Waals surface area contributed by atoms with Gasteiger partial charge in [-0.05, 0) is 57.0 Å². The third kappa shape index (κ3) is 5.19. The van der Waals surface area contributed by atoms with Gasteiger partial charge < -0.3 is 15.3 Å². The number of aliphatic hydroxyl groups is 1. The zero-order valence-electron chi connectivity index (χ0n) is 12.2. The van der Waals surface area contributed by atoms with E-state index < -0.39 is 0 Å². The smallest absolute Gasteiger partial charge is 0.123 e. The van der Waals surface area contributed by atoms with E-state index in [9.17, 15) is 9.50 Å². The maximum Gasteiger partial charge on any atom is 0.123 e. The standard InChI is InChI=1S/C16H25FN2O/c1-13(20)12-18-16-7-10-19(11-8-16)9-6-14-2-4-15(17)5-3-14/h2-5,13,16,18,20H,6-12H2,1H3. The molecule has 2 rings (SSSR count). The number of benzene rings is 1. The fourth-order valence-corrected chi connectivity index (χ4v) is 2.64. The van der Waals surface area contributed by atoms with Crippen LogP contribution in [0.5, 0.6) is 0 Å². The summed E-state index contributed by atoms with van der Waals surface area (Å²) in [6, 6.07) is 7.33. The van der Waals surface area contributed by atoms with Crippen LogP contribution >= 0.6 is 0 Å². The van der Waals surface area contributed by atoms with Gasteiger partial charge >= 0.3 is 0 Å². The molecule has 0 radical (unpaired) electrons. The average molecular weight is 280 g/mol. The Hall–Kier alpha value is -0.970. The van der Waals surface area contributed by atoms with E-state index in [-0.39, 0.29) is 11.9 Å². The number of nitrogens with one attached hydrogen (secondary N) is 1. The lowest BCUT2D eigenvalue weighted by atomic mass is 10.0. The number of likely N-dealkylation sites (tertiary alicyclic amines) is 1. The SMILES string of the molecule is CC(O)CNC1CCN(CCc2ccc(F)cc2)CC1. The molecule has 1 heterocycles. The highest BCUT2D eigenvalue weighted by Crippen LogP contribution is 2.12. The highest BCUT2D eigenvalue weighted by Gasteiger charge is 2.18. The molecule has 1 saturated heterocycles. The first kappa shape index (κ1) is 15.4. The summed E-state index contributed by atoms with van der Waals surface area (Å²) >= 11 is 0. The fourth-order valence-electron chi connectivity index (χ4n) is 2.64. The summed E-state index contributed by atoms with van der Waals surface area (Å²) in [7, 11) is 0. The summed E-state index contributed by atoms with van der Waals surface area (Å²) in [5.41, 5.74) is 1.20. The van der Waals surface area contributed by atoms with Crippen molar-refractivity contribution in [1.29, 1.82) is 0 Å². The molecule has 1 unspecified atom stereocenters. The van der Waals surface area contributed by atoms with Gasteiger partial charge in [0.1, 0.15) is 5.82 Å². The first-order chi connectivity index (χ1) is 9.63. The zero-order valence-corrected chi connectivity index (χ0v) is 12.2. The Kier molecular flexibility index (Phi) is 5.95. The summed E-state index contributed by atoms with van der Waals surface area (Å²) in [4.78, 5) is 2.46. The summed E-state index contributed by atoms with van der Waals surface area (Å²) in [5, 5.41) is 12.7. The van der Waals surface area contributed by atoms with Crippen molar-refractivity contribution in [2.24, 2.45) is 0 Å². The minimum atomic E-state index is -0.272. The van der Waals surface area contributed by atoms with Crippen LogP contribution in [0, 0.1) is 5.82 Å². The number of rotatable bonds is 6. The third-order valence-electron chi connectivity index (χ3n) is 3.92. The summed E-state index contributed by atoms with van der Waals surface area (Å²) in [6.45, 7) is 5.72. The number of hydrogen-bond acceptors (Lipinski definition) is 3. The first-order valence-electron chi connectivity index (χ1n) is 7.52. The molecule has 1 aliphatic heterocycles. The number of hydrogen-bond donors (Lipinski definition) is 2. The molecule has 1 fully saturated rings. The van der Waals surface area contributed by atoms with Gasteiger partial charge in [-0.1, -0.05) is 12.1 Å². The molecule has 0 saturated carbocycles. The molecule has 1 atom stereocenters. The van der Waals surface area contributed by atoms with Crippen LogP contribution in [0.1, 0.15) is 25.3 Å². The normalized spacial score (nSPS) is 19.1. The Morgan fingerprint density at radius 3 is 2.55 bits per heavy atom. The van der Waals surface area contributed by atoms with Crippen molar-refractivity contribution in [1.82, 2.24) is 10.2 Å². The van der Waals surface area contributed by atoms with E-state index >= 15 is 0 Å². The predicted molar refractivity (Wildman–Crippen MR) is 79.2 cm³/mol. The molecule has 1 aliphatic rings. The van der Waals surface area contributed by atoms with Crippen molar-refractivity contribution in [3.8, 4) is 0 Å². The van der Waals surface area contributed by atoms with E-state index in [1.54, 1.807) is 0 Å². The van der Waals surface area contributed by atoms with E-state index in [0.717, 1.165) is 38.9 Å². The van der Waals surface area contributed by atoms with Crippen LogP contribution in [0.2, 0.25) is 0 Å². The van der Waals surface area contributed by atoms with Crippen LogP contribution < -0.4 is 5.32 Å². The van der Waals surface area contributed by atoms with Crippen molar-refractivity contribution >= 4 is 0 Å². The molecule has 0 spiro atoms. The minimum Gasteiger partial charge on any atom is -0.392 e. The zero-order chi connectivity index (χ0) is 14.4. The highest BCUT2D eigenvalue weighted by atomic mass is 19.1. The lowest BCUT2D eigenvalue weighted by molar-refractivity contribution is 0.162. The second kappa shape index (κ2) is 7.72. The molecule has 0 aliphatic carbocycles. The summed E-state index contributed by atoms with van der Waals surface area (Å²) in [6.07, 6.45) is 2.98. The van der Waals surface area contributed by atoms with Gasteiger partial charge in [0.2, 0.25) is 0 Å². The third-order valence-corrected chi connectivity index (χ3v) is 3.92. The monoisotopic (exact) mass is 280 g/mol. The molecule has 0 bridgehead atoms. The van der Waals surface area contributed by atoms with Crippen LogP contribution in [-0.2, 0) is 6.42 Å².